The first-order valence-electron chi connectivity index (χ1n) is 9.67. The Labute approximate surface area is 153 Å². The molecule has 25 heavy (non-hydrogen) atoms. The number of hydrogen-bond acceptors (Lipinski definition) is 2. The Morgan fingerprint density at radius 1 is 0.960 bits per heavy atom. The second-order valence-electron chi connectivity index (χ2n) is 7.87. The van der Waals surface area contributed by atoms with Gasteiger partial charge in [-0.05, 0) is 68.9 Å². The van der Waals surface area contributed by atoms with E-state index in [2.05, 4.69) is 84.9 Å². The van der Waals surface area contributed by atoms with Gasteiger partial charge in [-0.25, -0.2) is 0 Å². The van der Waals surface area contributed by atoms with Gasteiger partial charge in [0.05, 0.1) is 0 Å². The SMILES string of the molecule is CN1CCC(NCC[C@@](C)(Cc2ccccc2)c2ccccc2)CC1. The first-order chi connectivity index (χ1) is 12.2. The number of hydrogen-bond donors (Lipinski definition) is 1. The van der Waals surface area contributed by atoms with E-state index in [1.165, 1.54) is 37.1 Å². The fourth-order valence-electron chi connectivity index (χ4n) is 3.99. The van der Waals surface area contributed by atoms with Crippen LogP contribution in [0.25, 0.3) is 0 Å². The summed E-state index contributed by atoms with van der Waals surface area (Å²) in [5, 5.41) is 3.83. The molecule has 1 saturated heterocycles. The van der Waals surface area contributed by atoms with Crippen LogP contribution in [-0.2, 0) is 11.8 Å². The molecular formula is C23H32N2. The fraction of sp³-hybridized carbons (Fsp3) is 0.478. The van der Waals surface area contributed by atoms with Crippen LogP contribution in [-0.4, -0.2) is 37.6 Å². The molecular weight excluding hydrogens is 304 g/mol. The highest BCUT2D eigenvalue weighted by Crippen LogP contribution is 2.31. The third-order valence-corrected chi connectivity index (χ3v) is 5.74. The summed E-state index contributed by atoms with van der Waals surface area (Å²) in [6, 6.07) is 22.6. The molecule has 2 heteroatoms. The predicted octanol–water partition coefficient (Wildman–Crippen LogP) is 4.26. The Balaban J connectivity index is 1.64. The van der Waals surface area contributed by atoms with Gasteiger partial charge < -0.3 is 10.2 Å². The summed E-state index contributed by atoms with van der Waals surface area (Å²) in [6.45, 7) is 5.95. The van der Waals surface area contributed by atoms with Crippen molar-refractivity contribution in [3.05, 3.63) is 71.8 Å². The van der Waals surface area contributed by atoms with Gasteiger partial charge in [0.15, 0.2) is 0 Å². The zero-order valence-electron chi connectivity index (χ0n) is 15.7. The molecule has 0 aliphatic carbocycles. The summed E-state index contributed by atoms with van der Waals surface area (Å²) in [5.41, 5.74) is 3.04. The van der Waals surface area contributed by atoms with Crippen LogP contribution in [0.4, 0.5) is 0 Å². The van der Waals surface area contributed by atoms with Gasteiger partial charge in [0.25, 0.3) is 0 Å². The average molecular weight is 337 g/mol. The zero-order valence-corrected chi connectivity index (χ0v) is 15.7. The highest BCUT2D eigenvalue weighted by atomic mass is 15.1. The number of benzene rings is 2. The molecule has 0 unspecified atom stereocenters. The lowest BCUT2D eigenvalue weighted by Gasteiger charge is -2.33. The van der Waals surface area contributed by atoms with E-state index in [0.29, 0.717) is 6.04 Å². The van der Waals surface area contributed by atoms with Crippen LogP contribution in [0, 0.1) is 0 Å². The van der Waals surface area contributed by atoms with Crippen LogP contribution in [0.1, 0.15) is 37.3 Å². The minimum absolute atomic E-state index is 0.168. The van der Waals surface area contributed by atoms with E-state index in [1.54, 1.807) is 0 Å². The van der Waals surface area contributed by atoms with Crippen molar-refractivity contribution in [2.75, 3.05) is 26.7 Å². The Morgan fingerprint density at radius 3 is 2.20 bits per heavy atom. The molecule has 2 aromatic rings. The van der Waals surface area contributed by atoms with Gasteiger partial charge >= 0.3 is 0 Å². The van der Waals surface area contributed by atoms with E-state index in [0.717, 1.165) is 19.4 Å². The van der Waals surface area contributed by atoms with Crippen LogP contribution in [0.3, 0.4) is 0 Å². The monoisotopic (exact) mass is 336 g/mol. The van der Waals surface area contributed by atoms with E-state index in [9.17, 15) is 0 Å². The molecule has 0 aromatic heterocycles. The standard InChI is InChI=1S/C23H32N2/c1-23(21-11-7-4-8-12-21,19-20-9-5-3-6-10-20)15-16-24-22-13-17-25(2)18-14-22/h3-12,22,24H,13-19H2,1-2H3/t23-/m0/s1. The molecule has 1 aliphatic rings. The topological polar surface area (TPSA) is 15.3 Å². The largest absolute Gasteiger partial charge is 0.314 e. The van der Waals surface area contributed by atoms with Crippen molar-refractivity contribution in [2.24, 2.45) is 0 Å². The molecule has 0 radical (unpaired) electrons. The molecule has 0 bridgehead atoms. The minimum Gasteiger partial charge on any atom is -0.314 e. The molecule has 1 heterocycles. The normalized spacial score (nSPS) is 18.8. The third-order valence-electron chi connectivity index (χ3n) is 5.74. The average Bonchev–Trinajstić information content (AvgIpc) is 2.65. The molecule has 1 fully saturated rings. The fourth-order valence-corrected chi connectivity index (χ4v) is 3.99. The van der Waals surface area contributed by atoms with Gasteiger partial charge in [-0.3, -0.25) is 0 Å². The number of nitrogens with zero attached hydrogens (tertiary/aromatic N) is 1. The molecule has 1 aliphatic heterocycles. The van der Waals surface area contributed by atoms with Gasteiger partial charge in [0, 0.05) is 6.04 Å². The van der Waals surface area contributed by atoms with Crippen molar-refractivity contribution in [3.8, 4) is 0 Å². The number of nitrogens with one attached hydrogen (secondary N) is 1. The highest BCUT2D eigenvalue weighted by molar-refractivity contribution is 5.28. The first-order valence-corrected chi connectivity index (χ1v) is 9.67. The van der Waals surface area contributed by atoms with Crippen LogP contribution < -0.4 is 5.32 Å². The van der Waals surface area contributed by atoms with Gasteiger partial charge in [-0.2, -0.15) is 0 Å². The smallest absolute Gasteiger partial charge is 0.00914 e. The lowest BCUT2D eigenvalue weighted by Crippen LogP contribution is -2.42. The van der Waals surface area contributed by atoms with Crippen molar-refractivity contribution in [1.29, 1.82) is 0 Å². The zero-order chi connectivity index (χ0) is 17.5. The van der Waals surface area contributed by atoms with E-state index in [-0.39, 0.29) is 5.41 Å². The summed E-state index contributed by atoms with van der Waals surface area (Å²) in [7, 11) is 2.22. The number of likely N-dealkylation sites (tertiary alicyclic amines) is 1. The molecule has 2 nitrogen and oxygen atoms in total. The predicted molar refractivity (Wildman–Crippen MR) is 107 cm³/mol. The molecule has 3 rings (SSSR count). The molecule has 0 spiro atoms. The lowest BCUT2D eigenvalue weighted by molar-refractivity contribution is 0.231. The van der Waals surface area contributed by atoms with Crippen molar-refractivity contribution in [3.63, 3.8) is 0 Å². The minimum atomic E-state index is 0.168. The van der Waals surface area contributed by atoms with E-state index in [1.807, 2.05) is 0 Å². The van der Waals surface area contributed by atoms with Crippen LogP contribution in [0.2, 0.25) is 0 Å². The number of rotatable bonds is 7. The van der Waals surface area contributed by atoms with Crippen molar-refractivity contribution in [2.45, 2.75) is 44.1 Å². The summed E-state index contributed by atoms with van der Waals surface area (Å²) in [4.78, 5) is 2.43. The molecule has 0 amide bonds. The maximum absolute atomic E-state index is 3.83. The van der Waals surface area contributed by atoms with Crippen molar-refractivity contribution < 1.29 is 0 Å². The molecule has 1 N–H and O–H groups in total. The summed E-state index contributed by atoms with van der Waals surface area (Å²) < 4.78 is 0. The van der Waals surface area contributed by atoms with Gasteiger partial charge in [-0.15, -0.1) is 0 Å². The maximum Gasteiger partial charge on any atom is 0.00914 e. The number of piperidine rings is 1. The van der Waals surface area contributed by atoms with Crippen LogP contribution in [0.5, 0.6) is 0 Å². The lowest BCUT2D eigenvalue weighted by atomic mass is 9.74. The molecule has 134 valence electrons. The summed E-state index contributed by atoms with van der Waals surface area (Å²) >= 11 is 0. The summed E-state index contributed by atoms with van der Waals surface area (Å²) in [5.74, 6) is 0. The van der Waals surface area contributed by atoms with Gasteiger partial charge in [0.2, 0.25) is 0 Å². The van der Waals surface area contributed by atoms with Crippen molar-refractivity contribution in [1.82, 2.24) is 10.2 Å². The second kappa shape index (κ2) is 8.64. The molecule has 1 atom stereocenters. The highest BCUT2D eigenvalue weighted by Gasteiger charge is 2.27. The third kappa shape index (κ3) is 5.17. The maximum atomic E-state index is 3.83. The molecule has 2 aromatic carbocycles. The Morgan fingerprint density at radius 2 is 1.56 bits per heavy atom. The first kappa shape index (κ1) is 18.2. The Bertz CT molecular complexity index is 617. The Kier molecular flexibility index (Phi) is 6.28. The second-order valence-corrected chi connectivity index (χ2v) is 7.87. The van der Waals surface area contributed by atoms with Gasteiger partial charge in [0.1, 0.15) is 0 Å². The van der Waals surface area contributed by atoms with Gasteiger partial charge in [-0.1, -0.05) is 67.6 Å². The Hall–Kier alpha value is -1.64. The van der Waals surface area contributed by atoms with E-state index >= 15 is 0 Å². The quantitative estimate of drug-likeness (QED) is 0.813. The van der Waals surface area contributed by atoms with E-state index in [4.69, 9.17) is 0 Å². The van der Waals surface area contributed by atoms with Crippen molar-refractivity contribution >= 4 is 0 Å². The van der Waals surface area contributed by atoms with E-state index < -0.39 is 0 Å². The summed E-state index contributed by atoms with van der Waals surface area (Å²) in [6.07, 6.45) is 4.81. The van der Waals surface area contributed by atoms with Crippen LogP contribution >= 0.6 is 0 Å². The molecule has 0 saturated carbocycles. The van der Waals surface area contributed by atoms with Crippen LogP contribution in [0.15, 0.2) is 60.7 Å².